The van der Waals surface area contributed by atoms with Crippen LogP contribution in [0.4, 0.5) is 0 Å². The molecule has 7 heteroatoms. The monoisotopic (exact) mass is 409 g/mol. The van der Waals surface area contributed by atoms with Gasteiger partial charge in [0.15, 0.2) is 28.3 Å². The molecule has 1 heterocycles. The number of nitrogens with zero attached hydrogens (tertiary/aromatic N) is 3. The van der Waals surface area contributed by atoms with E-state index in [1.807, 2.05) is 29.7 Å². The Morgan fingerprint density at radius 2 is 1.93 bits per heavy atom. The summed E-state index contributed by atoms with van der Waals surface area (Å²) in [5.74, 6) is 2.08. The minimum atomic E-state index is -0.0267. The number of ketones is 1. The standard InChI is InChI=1S/C22H23N3O3S/c1-5-11-25-21(17-8-6-7-15(2)12-17)23-24-22(25)29-14-18(26)16-9-10-19(27-3)20(13-16)28-4/h5-10,12-13H,1,11,14H2,2-4H3. The minimum absolute atomic E-state index is 0.0267. The largest absolute Gasteiger partial charge is 0.493 e. The van der Waals surface area contributed by atoms with Gasteiger partial charge in [-0.15, -0.1) is 16.8 Å². The van der Waals surface area contributed by atoms with Gasteiger partial charge in [0, 0.05) is 17.7 Å². The third kappa shape index (κ3) is 4.68. The Bertz CT molecular complexity index is 1030. The first-order valence-corrected chi connectivity index (χ1v) is 10.0. The van der Waals surface area contributed by atoms with Crippen molar-refractivity contribution in [3.63, 3.8) is 0 Å². The zero-order valence-corrected chi connectivity index (χ0v) is 17.5. The maximum Gasteiger partial charge on any atom is 0.192 e. The quantitative estimate of drug-likeness (QED) is 0.296. The maximum absolute atomic E-state index is 12.7. The second-order valence-corrected chi connectivity index (χ2v) is 7.30. The summed E-state index contributed by atoms with van der Waals surface area (Å²) in [4.78, 5) is 12.7. The minimum Gasteiger partial charge on any atom is -0.493 e. The lowest BCUT2D eigenvalue weighted by atomic mass is 10.1. The van der Waals surface area contributed by atoms with Gasteiger partial charge in [-0.05, 0) is 31.2 Å². The van der Waals surface area contributed by atoms with E-state index in [0.29, 0.717) is 28.8 Å². The van der Waals surface area contributed by atoms with Gasteiger partial charge in [0.1, 0.15) is 0 Å². The third-order valence-corrected chi connectivity index (χ3v) is 5.31. The third-order valence-electron chi connectivity index (χ3n) is 4.34. The Kier molecular flexibility index (Phi) is 6.72. The molecule has 0 saturated carbocycles. The molecular formula is C22H23N3O3S. The fourth-order valence-electron chi connectivity index (χ4n) is 2.91. The van der Waals surface area contributed by atoms with E-state index in [1.165, 1.54) is 11.8 Å². The summed E-state index contributed by atoms with van der Waals surface area (Å²) in [6.07, 6.45) is 1.79. The molecule has 0 aliphatic rings. The highest BCUT2D eigenvalue weighted by Gasteiger charge is 2.17. The van der Waals surface area contributed by atoms with Crippen LogP contribution in [0.25, 0.3) is 11.4 Å². The number of methoxy groups -OCH3 is 2. The van der Waals surface area contributed by atoms with Crippen LogP contribution in [0, 0.1) is 6.92 Å². The second kappa shape index (κ2) is 9.43. The van der Waals surface area contributed by atoms with Gasteiger partial charge >= 0.3 is 0 Å². The first-order valence-electron chi connectivity index (χ1n) is 9.06. The summed E-state index contributed by atoms with van der Waals surface area (Å²) in [7, 11) is 3.11. The molecular weight excluding hydrogens is 386 g/mol. The molecule has 0 fully saturated rings. The lowest BCUT2D eigenvalue weighted by molar-refractivity contribution is 0.102. The topological polar surface area (TPSA) is 66.2 Å². The molecule has 0 atom stereocenters. The van der Waals surface area contributed by atoms with Gasteiger partial charge < -0.3 is 9.47 Å². The molecule has 0 aliphatic heterocycles. The fraction of sp³-hybridized carbons (Fsp3) is 0.227. The molecule has 6 nitrogen and oxygen atoms in total. The predicted molar refractivity (Wildman–Crippen MR) is 115 cm³/mol. The van der Waals surface area contributed by atoms with Crippen molar-refractivity contribution < 1.29 is 14.3 Å². The molecule has 0 saturated heterocycles. The Balaban J connectivity index is 1.80. The summed E-state index contributed by atoms with van der Waals surface area (Å²) in [6, 6.07) is 13.2. The number of Topliss-reactive ketones (excluding diaryl/α,β-unsaturated/α-hetero) is 1. The van der Waals surface area contributed by atoms with E-state index in [0.717, 1.165) is 17.0 Å². The molecule has 29 heavy (non-hydrogen) atoms. The zero-order chi connectivity index (χ0) is 20.8. The second-order valence-electron chi connectivity index (χ2n) is 6.36. The van der Waals surface area contributed by atoms with E-state index in [9.17, 15) is 4.79 Å². The van der Waals surface area contributed by atoms with Gasteiger partial charge in [-0.1, -0.05) is 41.6 Å². The zero-order valence-electron chi connectivity index (χ0n) is 16.7. The number of aromatic nitrogens is 3. The molecule has 0 radical (unpaired) electrons. The van der Waals surface area contributed by atoms with Gasteiger partial charge in [-0.25, -0.2) is 0 Å². The first kappa shape index (κ1) is 20.7. The van der Waals surface area contributed by atoms with Gasteiger partial charge in [-0.3, -0.25) is 9.36 Å². The number of rotatable bonds is 9. The summed E-state index contributed by atoms with van der Waals surface area (Å²) in [5, 5.41) is 9.32. The van der Waals surface area contributed by atoms with Crippen LogP contribution in [0.15, 0.2) is 60.3 Å². The summed E-state index contributed by atoms with van der Waals surface area (Å²) < 4.78 is 12.5. The molecule has 2 aromatic carbocycles. The van der Waals surface area contributed by atoms with Crippen molar-refractivity contribution in [3.05, 3.63) is 66.2 Å². The Morgan fingerprint density at radius 1 is 1.14 bits per heavy atom. The molecule has 0 amide bonds. The van der Waals surface area contributed by atoms with E-state index < -0.39 is 0 Å². The Labute approximate surface area is 174 Å². The van der Waals surface area contributed by atoms with E-state index in [2.05, 4.69) is 22.8 Å². The van der Waals surface area contributed by atoms with Crippen LogP contribution < -0.4 is 9.47 Å². The lowest BCUT2D eigenvalue weighted by Gasteiger charge is -2.10. The highest BCUT2D eigenvalue weighted by Crippen LogP contribution is 2.29. The number of benzene rings is 2. The van der Waals surface area contributed by atoms with Crippen molar-refractivity contribution in [2.24, 2.45) is 0 Å². The predicted octanol–water partition coefficient (Wildman–Crippen LogP) is 4.43. The summed E-state index contributed by atoms with van der Waals surface area (Å²) >= 11 is 1.35. The number of carbonyl (C=O) groups excluding carboxylic acids is 1. The van der Waals surface area contributed by atoms with Crippen molar-refractivity contribution in [2.45, 2.75) is 18.6 Å². The average molecular weight is 410 g/mol. The molecule has 0 aliphatic carbocycles. The van der Waals surface area contributed by atoms with Crippen LogP contribution in [-0.2, 0) is 6.54 Å². The number of ether oxygens (including phenoxy) is 2. The van der Waals surface area contributed by atoms with Crippen molar-refractivity contribution in [2.75, 3.05) is 20.0 Å². The highest BCUT2D eigenvalue weighted by atomic mass is 32.2. The first-order chi connectivity index (χ1) is 14.1. The molecule has 3 aromatic rings. The molecule has 0 N–H and O–H groups in total. The van der Waals surface area contributed by atoms with E-state index >= 15 is 0 Å². The van der Waals surface area contributed by atoms with E-state index in [-0.39, 0.29) is 11.5 Å². The van der Waals surface area contributed by atoms with Crippen molar-refractivity contribution in [3.8, 4) is 22.9 Å². The fourth-order valence-corrected chi connectivity index (χ4v) is 3.75. The number of thioether (sulfide) groups is 1. The van der Waals surface area contributed by atoms with Crippen LogP contribution in [0.2, 0.25) is 0 Å². The molecule has 1 aromatic heterocycles. The normalized spacial score (nSPS) is 10.6. The van der Waals surface area contributed by atoms with E-state index in [4.69, 9.17) is 9.47 Å². The van der Waals surface area contributed by atoms with Crippen LogP contribution in [-0.4, -0.2) is 40.5 Å². The lowest BCUT2D eigenvalue weighted by Crippen LogP contribution is -2.06. The number of carbonyl (C=O) groups is 1. The van der Waals surface area contributed by atoms with Crippen LogP contribution in [0.3, 0.4) is 0 Å². The summed E-state index contributed by atoms with van der Waals surface area (Å²) in [5.41, 5.74) is 2.69. The number of aryl methyl sites for hydroxylation is 1. The van der Waals surface area contributed by atoms with Crippen molar-refractivity contribution >= 4 is 17.5 Å². The molecule has 0 unspecified atom stereocenters. The number of hydrogen-bond donors (Lipinski definition) is 0. The van der Waals surface area contributed by atoms with Gasteiger partial charge in [0.2, 0.25) is 0 Å². The Morgan fingerprint density at radius 3 is 2.62 bits per heavy atom. The van der Waals surface area contributed by atoms with Gasteiger partial charge in [-0.2, -0.15) is 0 Å². The molecule has 0 spiro atoms. The SMILES string of the molecule is C=CCn1c(SCC(=O)c2ccc(OC)c(OC)c2)nnc1-c1cccc(C)c1. The van der Waals surface area contributed by atoms with E-state index in [1.54, 1.807) is 38.5 Å². The molecule has 150 valence electrons. The highest BCUT2D eigenvalue weighted by molar-refractivity contribution is 7.99. The van der Waals surface area contributed by atoms with Crippen molar-refractivity contribution in [1.29, 1.82) is 0 Å². The average Bonchev–Trinajstić information content (AvgIpc) is 3.14. The number of allylic oxidation sites excluding steroid dienone is 1. The maximum atomic E-state index is 12.7. The molecule has 0 bridgehead atoms. The van der Waals surface area contributed by atoms with Crippen LogP contribution in [0.5, 0.6) is 11.5 Å². The Hall–Kier alpha value is -3.06. The van der Waals surface area contributed by atoms with Gasteiger partial charge in [0.05, 0.1) is 20.0 Å². The van der Waals surface area contributed by atoms with Gasteiger partial charge in [0.25, 0.3) is 0 Å². The molecule has 3 rings (SSSR count). The van der Waals surface area contributed by atoms with Crippen LogP contribution in [0.1, 0.15) is 15.9 Å². The number of hydrogen-bond acceptors (Lipinski definition) is 6. The van der Waals surface area contributed by atoms with Crippen molar-refractivity contribution in [1.82, 2.24) is 14.8 Å². The van der Waals surface area contributed by atoms with Crippen LogP contribution >= 0.6 is 11.8 Å². The smallest absolute Gasteiger partial charge is 0.192 e. The summed E-state index contributed by atoms with van der Waals surface area (Å²) in [6.45, 7) is 6.42.